The highest BCUT2D eigenvalue weighted by Gasteiger charge is 2.26. The normalized spacial score (nSPS) is 21.9. The molecule has 1 aromatic rings. The van der Waals surface area contributed by atoms with Crippen molar-refractivity contribution >= 4 is 0 Å². The number of hydrogen-bond donors (Lipinski definition) is 1. The van der Waals surface area contributed by atoms with Crippen molar-refractivity contribution < 1.29 is 9.84 Å². The number of aliphatic hydroxyl groups is 1. The van der Waals surface area contributed by atoms with Gasteiger partial charge in [0.25, 0.3) is 0 Å². The third-order valence-electron chi connectivity index (χ3n) is 4.36. The average Bonchev–Trinajstić information content (AvgIpc) is 2.37. The summed E-state index contributed by atoms with van der Waals surface area (Å²) in [6.07, 6.45) is 1.74. The van der Waals surface area contributed by atoms with Crippen LogP contribution in [0.2, 0.25) is 0 Å². The standard InChI is InChI=1S/C16H24O2/c1-10-8-11(2)13(4)15(12(10)3)16(17)14-6-5-7-18-9-14/h8,14,16-17H,5-7,9H2,1-4H3. The molecule has 0 radical (unpaired) electrons. The van der Waals surface area contributed by atoms with Gasteiger partial charge in [0.05, 0.1) is 12.7 Å². The van der Waals surface area contributed by atoms with Gasteiger partial charge in [-0.1, -0.05) is 6.07 Å². The van der Waals surface area contributed by atoms with Crippen LogP contribution >= 0.6 is 0 Å². The number of benzene rings is 1. The van der Waals surface area contributed by atoms with Crippen LogP contribution in [0.5, 0.6) is 0 Å². The van der Waals surface area contributed by atoms with E-state index in [2.05, 4.69) is 33.8 Å². The molecule has 2 rings (SSSR count). The predicted molar refractivity (Wildman–Crippen MR) is 73.9 cm³/mol. The molecular weight excluding hydrogens is 224 g/mol. The lowest BCUT2D eigenvalue weighted by Crippen LogP contribution is -2.25. The second kappa shape index (κ2) is 5.41. The van der Waals surface area contributed by atoms with Crippen molar-refractivity contribution in [2.45, 2.75) is 46.6 Å². The molecule has 0 aliphatic carbocycles. The lowest BCUT2D eigenvalue weighted by molar-refractivity contribution is -0.0104. The first-order valence-electron chi connectivity index (χ1n) is 6.85. The Bertz CT molecular complexity index is 405. The van der Waals surface area contributed by atoms with Gasteiger partial charge in [0.15, 0.2) is 0 Å². The fraction of sp³-hybridized carbons (Fsp3) is 0.625. The molecule has 1 N–H and O–H groups in total. The van der Waals surface area contributed by atoms with Crippen LogP contribution in [0.1, 0.15) is 46.8 Å². The second-order valence-corrected chi connectivity index (χ2v) is 5.60. The van der Waals surface area contributed by atoms with Crippen LogP contribution in [-0.4, -0.2) is 18.3 Å². The summed E-state index contributed by atoms with van der Waals surface area (Å²) in [5.74, 6) is 0.248. The molecule has 2 unspecified atom stereocenters. The van der Waals surface area contributed by atoms with Gasteiger partial charge in [-0.2, -0.15) is 0 Å². The van der Waals surface area contributed by atoms with Gasteiger partial charge < -0.3 is 9.84 Å². The molecule has 0 amide bonds. The van der Waals surface area contributed by atoms with Crippen LogP contribution in [0.15, 0.2) is 6.07 Å². The number of ether oxygens (including phenoxy) is 1. The summed E-state index contributed by atoms with van der Waals surface area (Å²) in [7, 11) is 0. The molecule has 100 valence electrons. The summed E-state index contributed by atoms with van der Waals surface area (Å²) in [5, 5.41) is 10.7. The van der Waals surface area contributed by atoms with Gasteiger partial charge in [0, 0.05) is 12.5 Å². The van der Waals surface area contributed by atoms with E-state index < -0.39 is 0 Å². The highest BCUT2D eigenvalue weighted by Crippen LogP contribution is 2.34. The highest BCUT2D eigenvalue weighted by molar-refractivity contribution is 5.45. The topological polar surface area (TPSA) is 29.5 Å². The van der Waals surface area contributed by atoms with Crippen LogP contribution in [0.25, 0.3) is 0 Å². The van der Waals surface area contributed by atoms with Crippen LogP contribution in [0, 0.1) is 33.6 Å². The fourth-order valence-electron chi connectivity index (χ4n) is 2.94. The Morgan fingerprint density at radius 1 is 1.17 bits per heavy atom. The van der Waals surface area contributed by atoms with E-state index in [9.17, 15) is 5.11 Å². The van der Waals surface area contributed by atoms with Gasteiger partial charge in [-0.25, -0.2) is 0 Å². The average molecular weight is 248 g/mol. The molecule has 2 nitrogen and oxygen atoms in total. The zero-order valence-corrected chi connectivity index (χ0v) is 11.9. The van der Waals surface area contributed by atoms with Gasteiger partial charge >= 0.3 is 0 Å². The summed E-state index contributed by atoms with van der Waals surface area (Å²) in [4.78, 5) is 0. The zero-order valence-electron chi connectivity index (χ0n) is 11.9. The molecule has 18 heavy (non-hydrogen) atoms. The van der Waals surface area contributed by atoms with Crippen molar-refractivity contribution in [1.29, 1.82) is 0 Å². The number of aliphatic hydroxyl groups excluding tert-OH is 1. The first-order chi connectivity index (χ1) is 8.52. The Morgan fingerprint density at radius 2 is 1.78 bits per heavy atom. The molecule has 0 spiro atoms. The summed E-state index contributed by atoms with van der Waals surface area (Å²) < 4.78 is 5.50. The number of aryl methyl sites for hydroxylation is 2. The van der Waals surface area contributed by atoms with Crippen LogP contribution in [-0.2, 0) is 4.74 Å². The Morgan fingerprint density at radius 3 is 2.28 bits per heavy atom. The van der Waals surface area contributed by atoms with Crippen molar-refractivity contribution in [2.75, 3.05) is 13.2 Å². The molecule has 1 heterocycles. The van der Waals surface area contributed by atoms with E-state index in [1.165, 1.54) is 22.3 Å². The van der Waals surface area contributed by atoms with Gasteiger partial charge in [0.1, 0.15) is 0 Å². The van der Waals surface area contributed by atoms with Crippen molar-refractivity contribution in [3.63, 3.8) is 0 Å². The van der Waals surface area contributed by atoms with Gasteiger partial charge in [-0.3, -0.25) is 0 Å². The third-order valence-corrected chi connectivity index (χ3v) is 4.36. The molecule has 1 fully saturated rings. The van der Waals surface area contributed by atoms with Gasteiger partial charge in [-0.05, 0) is 68.4 Å². The van der Waals surface area contributed by atoms with E-state index in [1.807, 2.05) is 0 Å². The van der Waals surface area contributed by atoms with E-state index in [1.54, 1.807) is 0 Å². The van der Waals surface area contributed by atoms with Crippen molar-refractivity contribution in [3.05, 3.63) is 33.9 Å². The molecule has 1 saturated heterocycles. The summed E-state index contributed by atoms with van der Waals surface area (Å²) in [6.45, 7) is 10.00. The molecular formula is C16H24O2. The molecule has 1 aliphatic rings. The van der Waals surface area contributed by atoms with Crippen LogP contribution < -0.4 is 0 Å². The maximum atomic E-state index is 10.7. The lowest BCUT2D eigenvalue weighted by atomic mass is 9.84. The third kappa shape index (κ3) is 2.45. The molecule has 2 atom stereocenters. The Hall–Kier alpha value is -0.860. The molecule has 0 saturated carbocycles. The predicted octanol–water partition coefficient (Wildman–Crippen LogP) is 3.38. The minimum Gasteiger partial charge on any atom is -0.388 e. The van der Waals surface area contributed by atoms with Crippen molar-refractivity contribution in [3.8, 4) is 0 Å². The van der Waals surface area contributed by atoms with Gasteiger partial charge in [0.2, 0.25) is 0 Å². The second-order valence-electron chi connectivity index (χ2n) is 5.60. The monoisotopic (exact) mass is 248 g/mol. The van der Waals surface area contributed by atoms with E-state index >= 15 is 0 Å². The minimum atomic E-state index is -0.385. The SMILES string of the molecule is Cc1cc(C)c(C)c(C(O)C2CCCOC2)c1C. The summed E-state index contributed by atoms with van der Waals surface area (Å²) in [5.41, 5.74) is 6.13. The fourth-order valence-corrected chi connectivity index (χ4v) is 2.94. The first-order valence-corrected chi connectivity index (χ1v) is 6.85. The Labute approximate surface area is 110 Å². The minimum absolute atomic E-state index is 0.248. The van der Waals surface area contributed by atoms with E-state index in [0.717, 1.165) is 25.0 Å². The number of rotatable bonds is 2. The van der Waals surface area contributed by atoms with E-state index in [0.29, 0.717) is 6.61 Å². The van der Waals surface area contributed by atoms with Gasteiger partial charge in [-0.15, -0.1) is 0 Å². The Kier molecular flexibility index (Phi) is 4.08. The van der Waals surface area contributed by atoms with Crippen molar-refractivity contribution in [2.24, 2.45) is 5.92 Å². The molecule has 1 aliphatic heterocycles. The smallest absolute Gasteiger partial charge is 0.0845 e. The molecule has 0 aromatic heterocycles. The van der Waals surface area contributed by atoms with Crippen LogP contribution in [0.3, 0.4) is 0 Å². The van der Waals surface area contributed by atoms with Crippen molar-refractivity contribution in [1.82, 2.24) is 0 Å². The van der Waals surface area contributed by atoms with E-state index in [4.69, 9.17) is 4.74 Å². The quantitative estimate of drug-likeness (QED) is 0.869. The maximum absolute atomic E-state index is 10.7. The maximum Gasteiger partial charge on any atom is 0.0845 e. The zero-order chi connectivity index (χ0) is 13.3. The number of hydrogen-bond acceptors (Lipinski definition) is 2. The molecule has 0 bridgehead atoms. The first kappa shape index (κ1) is 13.6. The summed E-state index contributed by atoms with van der Waals surface area (Å²) >= 11 is 0. The van der Waals surface area contributed by atoms with Crippen LogP contribution in [0.4, 0.5) is 0 Å². The molecule has 2 heteroatoms. The lowest BCUT2D eigenvalue weighted by Gasteiger charge is -2.30. The largest absolute Gasteiger partial charge is 0.388 e. The molecule has 1 aromatic carbocycles. The Balaban J connectivity index is 2.37. The highest BCUT2D eigenvalue weighted by atomic mass is 16.5. The van der Waals surface area contributed by atoms with E-state index in [-0.39, 0.29) is 12.0 Å². The summed E-state index contributed by atoms with van der Waals surface area (Å²) in [6, 6.07) is 2.21.